The van der Waals surface area contributed by atoms with E-state index in [1.807, 2.05) is 18.0 Å². The van der Waals surface area contributed by atoms with E-state index in [0.717, 1.165) is 11.4 Å². The van der Waals surface area contributed by atoms with Gasteiger partial charge >= 0.3 is 0 Å². The first-order valence-electron chi connectivity index (χ1n) is 6.03. The van der Waals surface area contributed by atoms with Crippen molar-refractivity contribution in [2.24, 2.45) is 0 Å². The minimum Gasteiger partial charge on any atom is -0.343 e. The SMILES string of the molecule is Cc1cc(C)cc(N(C)c2ccc(C#N)cc2Cl)c1. The van der Waals surface area contributed by atoms with Crippen molar-refractivity contribution in [3.8, 4) is 6.07 Å². The summed E-state index contributed by atoms with van der Waals surface area (Å²) in [7, 11) is 1.97. The molecule has 0 aliphatic heterocycles. The molecule has 0 aliphatic rings. The summed E-state index contributed by atoms with van der Waals surface area (Å²) in [6, 6.07) is 13.8. The van der Waals surface area contributed by atoms with Gasteiger partial charge in [0.25, 0.3) is 0 Å². The Balaban J connectivity index is 2.44. The van der Waals surface area contributed by atoms with E-state index < -0.39 is 0 Å². The Kier molecular flexibility index (Phi) is 3.78. The minimum atomic E-state index is 0.572. The van der Waals surface area contributed by atoms with Crippen molar-refractivity contribution < 1.29 is 0 Å². The highest BCUT2D eigenvalue weighted by Gasteiger charge is 2.09. The number of benzene rings is 2. The fourth-order valence-corrected chi connectivity index (χ4v) is 2.44. The molecule has 0 saturated heterocycles. The Morgan fingerprint density at radius 1 is 1.05 bits per heavy atom. The number of halogens is 1. The lowest BCUT2D eigenvalue weighted by molar-refractivity contribution is 1.19. The molecule has 0 atom stereocenters. The van der Waals surface area contributed by atoms with Crippen molar-refractivity contribution >= 4 is 23.0 Å². The Hall–Kier alpha value is -1.98. The molecule has 0 radical (unpaired) electrons. The summed E-state index contributed by atoms with van der Waals surface area (Å²) < 4.78 is 0. The third-order valence-electron chi connectivity index (χ3n) is 3.03. The largest absolute Gasteiger partial charge is 0.343 e. The van der Waals surface area contributed by atoms with Gasteiger partial charge in [-0.1, -0.05) is 17.7 Å². The van der Waals surface area contributed by atoms with Crippen LogP contribution in [0.1, 0.15) is 16.7 Å². The normalized spacial score (nSPS) is 10.1. The lowest BCUT2D eigenvalue weighted by atomic mass is 10.1. The molecule has 0 aromatic heterocycles. The molecule has 0 heterocycles. The van der Waals surface area contributed by atoms with Gasteiger partial charge in [0.15, 0.2) is 0 Å². The molecule has 19 heavy (non-hydrogen) atoms. The maximum absolute atomic E-state index is 8.86. The van der Waals surface area contributed by atoms with Gasteiger partial charge in [-0.3, -0.25) is 0 Å². The van der Waals surface area contributed by atoms with Crippen molar-refractivity contribution in [2.45, 2.75) is 13.8 Å². The van der Waals surface area contributed by atoms with Gasteiger partial charge in [-0.2, -0.15) is 5.26 Å². The van der Waals surface area contributed by atoms with Crippen LogP contribution in [0.25, 0.3) is 0 Å². The van der Waals surface area contributed by atoms with Crippen molar-refractivity contribution in [1.82, 2.24) is 0 Å². The van der Waals surface area contributed by atoms with E-state index in [4.69, 9.17) is 16.9 Å². The third-order valence-corrected chi connectivity index (χ3v) is 3.33. The second-order valence-corrected chi connectivity index (χ2v) is 5.09. The molecule has 2 aromatic rings. The van der Waals surface area contributed by atoms with E-state index in [0.29, 0.717) is 10.6 Å². The maximum atomic E-state index is 8.86. The van der Waals surface area contributed by atoms with Crippen LogP contribution in [0.2, 0.25) is 5.02 Å². The molecular weight excluding hydrogens is 256 g/mol. The molecule has 2 rings (SSSR count). The predicted molar refractivity (Wildman–Crippen MR) is 80.1 cm³/mol. The molecule has 0 amide bonds. The topological polar surface area (TPSA) is 27.0 Å². The minimum absolute atomic E-state index is 0.572. The standard InChI is InChI=1S/C16H15ClN2/c1-11-6-12(2)8-14(7-11)19(3)16-5-4-13(10-18)9-15(16)17/h4-9H,1-3H3. The van der Waals surface area contributed by atoms with Crippen LogP contribution < -0.4 is 4.90 Å². The number of rotatable bonds is 2. The quantitative estimate of drug-likeness (QED) is 0.798. The van der Waals surface area contributed by atoms with Crippen LogP contribution in [-0.4, -0.2) is 7.05 Å². The summed E-state index contributed by atoms with van der Waals surface area (Å²) in [5.74, 6) is 0. The van der Waals surface area contributed by atoms with Gasteiger partial charge in [0, 0.05) is 12.7 Å². The van der Waals surface area contributed by atoms with E-state index >= 15 is 0 Å². The first-order chi connectivity index (χ1) is 9.01. The molecule has 0 bridgehead atoms. The number of anilines is 2. The molecule has 0 unspecified atom stereocenters. The average Bonchev–Trinajstić information content (AvgIpc) is 2.36. The van der Waals surface area contributed by atoms with Crippen LogP contribution in [-0.2, 0) is 0 Å². The lowest BCUT2D eigenvalue weighted by Gasteiger charge is -2.22. The average molecular weight is 271 g/mol. The second kappa shape index (κ2) is 5.34. The Morgan fingerprint density at radius 2 is 1.68 bits per heavy atom. The van der Waals surface area contributed by atoms with Crippen LogP contribution in [0.15, 0.2) is 36.4 Å². The predicted octanol–water partition coefficient (Wildman–Crippen LogP) is 4.60. The van der Waals surface area contributed by atoms with Gasteiger partial charge in [-0.25, -0.2) is 0 Å². The van der Waals surface area contributed by atoms with Gasteiger partial charge in [0.2, 0.25) is 0 Å². The van der Waals surface area contributed by atoms with Crippen LogP contribution in [0.4, 0.5) is 11.4 Å². The zero-order valence-corrected chi connectivity index (χ0v) is 12.0. The van der Waals surface area contributed by atoms with Gasteiger partial charge in [0.1, 0.15) is 0 Å². The van der Waals surface area contributed by atoms with E-state index in [1.54, 1.807) is 12.1 Å². The highest BCUT2D eigenvalue weighted by Crippen LogP contribution is 2.32. The van der Waals surface area contributed by atoms with Crippen molar-refractivity contribution in [3.05, 3.63) is 58.1 Å². The molecule has 0 spiro atoms. The summed E-state index contributed by atoms with van der Waals surface area (Å²) in [5.41, 5.74) is 4.98. The first-order valence-corrected chi connectivity index (χ1v) is 6.41. The van der Waals surface area contributed by atoms with Gasteiger partial charge in [-0.15, -0.1) is 0 Å². The number of nitrogens with zero attached hydrogens (tertiary/aromatic N) is 2. The molecule has 2 nitrogen and oxygen atoms in total. The zero-order chi connectivity index (χ0) is 14.0. The second-order valence-electron chi connectivity index (χ2n) is 4.68. The highest BCUT2D eigenvalue weighted by molar-refractivity contribution is 6.33. The van der Waals surface area contributed by atoms with E-state index in [-0.39, 0.29) is 0 Å². The summed E-state index contributed by atoms with van der Waals surface area (Å²) >= 11 is 6.24. The van der Waals surface area contributed by atoms with Gasteiger partial charge in [-0.05, 0) is 55.3 Å². The molecule has 0 aliphatic carbocycles. The smallest absolute Gasteiger partial charge is 0.0992 e. The van der Waals surface area contributed by atoms with Crippen LogP contribution in [0, 0.1) is 25.2 Å². The Labute approximate surface area is 118 Å². The van der Waals surface area contributed by atoms with Crippen LogP contribution in [0.5, 0.6) is 0 Å². The number of nitriles is 1. The summed E-state index contributed by atoms with van der Waals surface area (Å²) in [6.07, 6.45) is 0. The fourth-order valence-electron chi connectivity index (χ4n) is 2.13. The molecular formula is C16H15ClN2. The van der Waals surface area contributed by atoms with E-state index in [1.165, 1.54) is 11.1 Å². The van der Waals surface area contributed by atoms with E-state index in [9.17, 15) is 0 Å². The van der Waals surface area contributed by atoms with Crippen LogP contribution in [0.3, 0.4) is 0 Å². The molecule has 0 saturated carbocycles. The van der Waals surface area contributed by atoms with Gasteiger partial charge in [0.05, 0.1) is 22.3 Å². The number of hydrogen-bond donors (Lipinski definition) is 0. The molecule has 2 aromatic carbocycles. The van der Waals surface area contributed by atoms with Gasteiger partial charge < -0.3 is 4.90 Å². The first kappa shape index (κ1) is 13.5. The van der Waals surface area contributed by atoms with Crippen molar-refractivity contribution in [1.29, 1.82) is 5.26 Å². The molecule has 0 N–H and O–H groups in total. The molecule has 0 fully saturated rings. The Bertz CT molecular complexity index is 636. The van der Waals surface area contributed by atoms with Crippen LogP contribution >= 0.6 is 11.6 Å². The molecule has 3 heteroatoms. The molecule has 96 valence electrons. The monoisotopic (exact) mass is 270 g/mol. The Morgan fingerprint density at radius 3 is 2.21 bits per heavy atom. The third kappa shape index (κ3) is 2.89. The lowest BCUT2D eigenvalue weighted by Crippen LogP contribution is -2.10. The van der Waals surface area contributed by atoms with Crippen molar-refractivity contribution in [2.75, 3.05) is 11.9 Å². The summed E-state index contributed by atoms with van der Waals surface area (Å²) in [5, 5.41) is 9.44. The summed E-state index contributed by atoms with van der Waals surface area (Å²) in [6.45, 7) is 4.15. The number of aryl methyl sites for hydroxylation is 2. The number of hydrogen-bond acceptors (Lipinski definition) is 2. The fraction of sp³-hybridized carbons (Fsp3) is 0.188. The van der Waals surface area contributed by atoms with E-state index in [2.05, 4.69) is 38.1 Å². The zero-order valence-electron chi connectivity index (χ0n) is 11.2. The summed E-state index contributed by atoms with van der Waals surface area (Å²) in [4.78, 5) is 2.03. The maximum Gasteiger partial charge on any atom is 0.0992 e. The highest BCUT2D eigenvalue weighted by atomic mass is 35.5. The van der Waals surface area contributed by atoms with Crippen molar-refractivity contribution in [3.63, 3.8) is 0 Å².